The monoisotopic (exact) mass is 307 g/mol. The maximum Gasteiger partial charge on any atom is 0.172 e. The summed E-state index contributed by atoms with van der Waals surface area (Å²) in [6.45, 7) is 6.91. The summed E-state index contributed by atoms with van der Waals surface area (Å²) < 4.78 is 15.9. The van der Waals surface area contributed by atoms with Gasteiger partial charge in [0, 0.05) is 30.4 Å². The van der Waals surface area contributed by atoms with Gasteiger partial charge in [-0.1, -0.05) is 18.7 Å². The second kappa shape index (κ2) is 7.09. The summed E-state index contributed by atoms with van der Waals surface area (Å²) in [7, 11) is 1.96. The first-order chi connectivity index (χ1) is 10.0. The van der Waals surface area contributed by atoms with E-state index in [0.29, 0.717) is 5.56 Å². The van der Waals surface area contributed by atoms with Gasteiger partial charge in [-0.3, -0.25) is 0 Å². The molecule has 1 aromatic carbocycles. The summed E-state index contributed by atoms with van der Waals surface area (Å²) in [4.78, 5) is 5.39. The van der Waals surface area contributed by atoms with Crippen molar-refractivity contribution >= 4 is 11.8 Å². The molecule has 1 heterocycles. The summed E-state index contributed by atoms with van der Waals surface area (Å²) >= 11 is 1.58. The molecule has 0 amide bonds. The topological polar surface area (TPSA) is 29.9 Å². The van der Waals surface area contributed by atoms with E-state index < -0.39 is 0 Å². The standard InChI is InChI=1S/C16H22FN3S/c1-5-6-18-12(3)13-10-14(17)11(2)9-15(13)21-16-19-7-8-20(16)4/h7-10,12,18H,5-6H2,1-4H3. The van der Waals surface area contributed by atoms with Gasteiger partial charge in [0.2, 0.25) is 0 Å². The fraction of sp³-hybridized carbons (Fsp3) is 0.438. The average molecular weight is 307 g/mol. The maximum atomic E-state index is 13.9. The van der Waals surface area contributed by atoms with E-state index in [2.05, 4.69) is 24.1 Å². The summed E-state index contributed by atoms with van der Waals surface area (Å²) in [5.41, 5.74) is 1.65. The van der Waals surface area contributed by atoms with Crippen LogP contribution in [-0.2, 0) is 7.05 Å². The van der Waals surface area contributed by atoms with Crippen molar-refractivity contribution in [2.45, 2.75) is 43.3 Å². The molecule has 1 N–H and O–H groups in total. The van der Waals surface area contributed by atoms with E-state index in [9.17, 15) is 4.39 Å². The Kier molecular flexibility index (Phi) is 5.42. The highest BCUT2D eigenvalue weighted by molar-refractivity contribution is 7.99. The molecule has 1 atom stereocenters. The van der Waals surface area contributed by atoms with Crippen LogP contribution in [0.4, 0.5) is 4.39 Å². The smallest absolute Gasteiger partial charge is 0.172 e. The molecule has 1 unspecified atom stereocenters. The summed E-state index contributed by atoms with van der Waals surface area (Å²) in [5, 5.41) is 4.33. The van der Waals surface area contributed by atoms with Crippen LogP contribution < -0.4 is 5.32 Å². The Bertz CT molecular complexity index is 610. The number of hydrogen-bond acceptors (Lipinski definition) is 3. The number of imidazole rings is 1. The van der Waals surface area contributed by atoms with Crippen molar-refractivity contribution in [2.24, 2.45) is 7.05 Å². The molecule has 0 radical (unpaired) electrons. The highest BCUT2D eigenvalue weighted by Crippen LogP contribution is 2.34. The molecule has 0 saturated carbocycles. The fourth-order valence-electron chi connectivity index (χ4n) is 2.12. The molecule has 0 aliphatic carbocycles. The zero-order chi connectivity index (χ0) is 15.4. The Morgan fingerprint density at radius 2 is 2.19 bits per heavy atom. The minimum atomic E-state index is -0.153. The van der Waals surface area contributed by atoms with Crippen molar-refractivity contribution in [3.05, 3.63) is 41.5 Å². The minimum Gasteiger partial charge on any atom is -0.329 e. The molecule has 0 saturated heterocycles. The Labute approximate surface area is 130 Å². The summed E-state index contributed by atoms with van der Waals surface area (Å²) in [5.74, 6) is -0.153. The van der Waals surface area contributed by atoms with Crippen LogP contribution in [0.2, 0.25) is 0 Å². The predicted octanol–water partition coefficient (Wildman–Crippen LogP) is 4.08. The predicted molar refractivity (Wildman–Crippen MR) is 85.2 cm³/mol. The lowest BCUT2D eigenvalue weighted by atomic mass is 10.1. The molecule has 0 bridgehead atoms. The van der Waals surface area contributed by atoms with Gasteiger partial charge in [0.15, 0.2) is 5.16 Å². The van der Waals surface area contributed by atoms with E-state index in [4.69, 9.17) is 0 Å². The second-order valence-electron chi connectivity index (χ2n) is 5.24. The number of aromatic nitrogens is 2. The van der Waals surface area contributed by atoms with Crippen LogP contribution in [0, 0.1) is 12.7 Å². The Hall–Kier alpha value is -1.33. The average Bonchev–Trinajstić information content (AvgIpc) is 2.85. The lowest BCUT2D eigenvalue weighted by molar-refractivity contribution is 0.552. The van der Waals surface area contributed by atoms with Crippen LogP contribution in [0.3, 0.4) is 0 Å². The van der Waals surface area contributed by atoms with Crippen molar-refractivity contribution in [3.8, 4) is 0 Å². The molecule has 2 rings (SSSR count). The highest BCUT2D eigenvalue weighted by atomic mass is 32.2. The van der Waals surface area contributed by atoms with Crippen molar-refractivity contribution in [1.29, 1.82) is 0 Å². The molecule has 1 aromatic heterocycles. The van der Waals surface area contributed by atoms with Crippen LogP contribution in [0.15, 0.2) is 34.6 Å². The van der Waals surface area contributed by atoms with Gasteiger partial charge in [-0.05, 0) is 50.1 Å². The molecule has 0 aliphatic rings. The number of nitrogens with zero attached hydrogens (tertiary/aromatic N) is 2. The Balaban J connectivity index is 2.33. The molecule has 2 aromatic rings. The van der Waals surface area contributed by atoms with Gasteiger partial charge in [0.1, 0.15) is 5.82 Å². The molecule has 21 heavy (non-hydrogen) atoms. The molecular formula is C16H22FN3S. The van der Waals surface area contributed by atoms with E-state index in [0.717, 1.165) is 28.6 Å². The first-order valence-electron chi connectivity index (χ1n) is 7.21. The molecular weight excluding hydrogens is 285 g/mol. The zero-order valence-corrected chi connectivity index (χ0v) is 13.8. The molecule has 0 fully saturated rings. The van der Waals surface area contributed by atoms with E-state index in [-0.39, 0.29) is 11.9 Å². The van der Waals surface area contributed by atoms with Gasteiger partial charge in [-0.25, -0.2) is 9.37 Å². The Morgan fingerprint density at radius 1 is 1.43 bits per heavy atom. The first-order valence-corrected chi connectivity index (χ1v) is 8.03. The quantitative estimate of drug-likeness (QED) is 0.872. The molecule has 3 nitrogen and oxygen atoms in total. The third-order valence-electron chi connectivity index (χ3n) is 3.44. The van der Waals surface area contributed by atoms with Crippen LogP contribution in [0.1, 0.15) is 37.4 Å². The van der Waals surface area contributed by atoms with Gasteiger partial charge in [0.05, 0.1) is 0 Å². The van der Waals surface area contributed by atoms with Gasteiger partial charge in [-0.2, -0.15) is 0 Å². The van der Waals surface area contributed by atoms with Crippen molar-refractivity contribution in [1.82, 2.24) is 14.9 Å². The number of benzene rings is 1. The third kappa shape index (κ3) is 3.86. The van der Waals surface area contributed by atoms with Crippen LogP contribution >= 0.6 is 11.8 Å². The number of hydrogen-bond donors (Lipinski definition) is 1. The lowest BCUT2D eigenvalue weighted by Gasteiger charge is -2.18. The Morgan fingerprint density at radius 3 is 2.81 bits per heavy atom. The molecule has 0 spiro atoms. The molecule has 5 heteroatoms. The lowest BCUT2D eigenvalue weighted by Crippen LogP contribution is -2.20. The van der Waals surface area contributed by atoms with E-state index in [1.165, 1.54) is 0 Å². The summed E-state index contributed by atoms with van der Waals surface area (Å²) in [6.07, 6.45) is 4.74. The zero-order valence-electron chi connectivity index (χ0n) is 13.0. The van der Waals surface area contributed by atoms with Gasteiger partial charge >= 0.3 is 0 Å². The minimum absolute atomic E-state index is 0.114. The number of halogens is 1. The number of aryl methyl sites for hydroxylation is 2. The highest BCUT2D eigenvalue weighted by Gasteiger charge is 2.15. The van der Waals surface area contributed by atoms with E-state index in [1.54, 1.807) is 30.9 Å². The number of rotatable bonds is 6. The second-order valence-corrected chi connectivity index (χ2v) is 6.25. The molecule has 0 aliphatic heterocycles. The van der Waals surface area contributed by atoms with Gasteiger partial charge in [0.25, 0.3) is 0 Å². The maximum absolute atomic E-state index is 13.9. The van der Waals surface area contributed by atoms with Crippen LogP contribution in [0.5, 0.6) is 0 Å². The van der Waals surface area contributed by atoms with Crippen molar-refractivity contribution in [2.75, 3.05) is 6.54 Å². The third-order valence-corrected chi connectivity index (χ3v) is 4.59. The fourth-order valence-corrected chi connectivity index (χ4v) is 3.22. The van der Waals surface area contributed by atoms with Crippen molar-refractivity contribution in [3.63, 3.8) is 0 Å². The SMILES string of the molecule is CCCNC(C)c1cc(F)c(C)cc1Sc1nccn1C. The summed E-state index contributed by atoms with van der Waals surface area (Å²) in [6, 6.07) is 3.67. The first kappa shape index (κ1) is 16.0. The van der Waals surface area contributed by atoms with Gasteiger partial charge < -0.3 is 9.88 Å². The van der Waals surface area contributed by atoms with Crippen LogP contribution in [0.25, 0.3) is 0 Å². The largest absolute Gasteiger partial charge is 0.329 e. The van der Waals surface area contributed by atoms with E-state index >= 15 is 0 Å². The van der Waals surface area contributed by atoms with Crippen LogP contribution in [-0.4, -0.2) is 16.1 Å². The normalized spacial score (nSPS) is 12.6. The van der Waals surface area contributed by atoms with Crippen molar-refractivity contribution < 1.29 is 4.39 Å². The van der Waals surface area contributed by atoms with E-state index in [1.807, 2.05) is 23.9 Å². The van der Waals surface area contributed by atoms with Gasteiger partial charge in [-0.15, -0.1) is 0 Å². The molecule has 114 valence electrons. The number of nitrogens with one attached hydrogen (secondary N) is 1.